The van der Waals surface area contributed by atoms with E-state index < -0.39 is 22.5 Å². The van der Waals surface area contributed by atoms with Crippen molar-refractivity contribution in [2.24, 2.45) is 5.73 Å². The van der Waals surface area contributed by atoms with Crippen molar-refractivity contribution in [3.05, 3.63) is 29.3 Å². The van der Waals surface area contributed by atoms with E-state index >= 15 is 0 Å². The van der Waals surface area contributed by atoms with Crippen molar-refractivity contribution in [2.75, 3.05) is 6.54 Å². The van der Waals surface area contributed by atoms with Gasteiger partial charge in [0.2, 0.25) is 15.9 Å². The highest BCUT2D eigenvalue weighted by atomic mass is 32.2. The SMILES string of the molecule is Cc1ccc(S(=O)(=O)NCC(N)=O)c(C)c1. The van der Waals surface area contributed by atoms with Crippen LogP contribution in [0.3, 0.4) is 0 Å². The van der Waals surface area contributed by atoms with Crippen molar-refractivity contribution in [2.45, 2.75) is 18.7 Å². The fourth-order valence-electron chi connectivity index (χ4n) is 1.34. The van der Waals surface area contributed by atoms with Crippen LogP contribution in [0.15, 0.2) is 23.1 Å². The lowest BCUT2D eigenvalue weighted by atomic mass is 10.2. The second-order valence-electron chi connectivity index (χ2n) is 3.56. The molecule has 88 valence electrons. The van der Waals surface area contributed by atoms with Gasteiger partial charge >= 0.3 is 0 Å². The number of rotatable bonds is 4. The maximum atomic E-state index is 11.7. The van der Waals surface area contributed by atoms with E-state index in [1.807, 2.05) is 6.92 Å². The molecule has 0 saturated heterocycles. The van der Waals surface area contributed by atoms with Gasteiger partial charge in [-0.05, 0) is 25.5 Å². The van der Waals surface area contributed by atoms with Gasteiger partial charge in [0.15, 0.2) is 0 Å². The van der Waals surface area contributed by atoms with Gasteiger partial charge in [0, 0.05) is 0 Å². The van der Waals surface area contributed by atoms with Crippen molar-refractivity contribution in [1.29, 1.82) is 0 Å². The van der Waals surface area contributed by atoms with Crippen molar-refractivity contribution in [1.82, 2.24) is 4.72 Å². The van der Waals surface area contributed by atoms with E-state index in [4.69, 9.17) is 5.73 Å². The Labute approximate surface area is 94.7 Å². The normalized spacial score (nSPS) is 11.4. The molecule has 0 aliphatic heterocycles. The molecule has 0 saturated carbocycles. The lowest BCUT2D eigenvalue weighted by Gasteiger charge is -2.08. The highest BCUT2D eigenvalue weighted by Gasteiger charge is 2.16. The second kappa shape index (κ2) is 4.63. The third-order valence-corrected chi connectivity index (χ3v) is 3.62. The molecule has 0 aromatic heterocycles. The summed E-state index contributed by atoms with van der Waals surface area (Å²) < 4.78 is 25.6. The predicted molar refractivity (Wildman–Crippen MR) is 60.3 cm³/mol. The highest BCUT2D eigenvalue weighted by Crippen LogP contribution is 2.15. The summed E-state index contributed by atoms with van der Waals surface area (Å²) in [6, 6.07) is 4.97. The summed E-state index contributed by atoms with van der Waals surface area (Å²) in [5.41, 5.74) is 6.49. The molecule has 0 heterocycles. The van der Waals surface area contributed by atoms with E-state index in [-0.39, 0.29) is 4.90 Å². The molecule has 6 heteroatoms. The first kappa shape index (κ1) is 12.7. The van der Waals surface area contributed by atoms with Crippen LogP contribution in [0, 0.1) is 13.8 Å². The van der Waals surface area contributed by atoms with Gasteiger partial charge in [0.25, 0.3) is 0 Å². The lowest BCUT2D eigenvalue weighted by molar-refractivity contribution is -0.116. The van der Waals surface area contributed by atoms with Crippen LogP contribution in [0.2, 0.25) is 0 Å². The Bertz CT molecular complexity index is 509. The van der Waals surface area contributed by atoms with E-state index in [0.29, 0.717) is 5.56 Å². The number of nitrogens with one attached hydrogen (secondary N) is 1. The van der Waals surface area contributed by atoms with Gasteiger partial charge in [-0.3, -0.25) is 4.79 Å². The van der Waals surface area contributed by atoms with E-state index in [1.165, 1.54) is 6.07 Å². The average Bonchev–Trinajstić information content (AvgIpc) is 2.14. The zero-order valence-electron chi connectivity index (χ0n) is 9.15. The molecule has 0 unspecified atom stereocenters. The summed E-state index contributed by atoms with van der Waals surface area (Å²) in [5.74, 6) is -0.715. The Morgan fingerprint density at radius 2 is 2.00 bits per heavy atom. The van der Waals surface area contributed by atoms with Crippen LogP contribution in [0.1, 0.15) is 11.1 Å². The molecule has 0 fully saturated rings. The minimum atomic E-state index is -3.65. The number of carbonyl (C=O) groups is 1. The molecule has 0 radical (unpaired) electrons. The van der Waals surface area contributed by atoms with Crippen LogP contribution in [0.25, 0.3) is 0 Å². The zero-order valence-corrected chi connectivity index (χ0v) is 9.97. The van der Waals surface area contributed by atoms with Crippen LogP contribution in [-0.2, 0) is 14.8 Å². The minimum Gasteiger partial charge on any atom is -0.369 e. The lowest BCUT2D eigenvalue weighted by Crippen LogP contribution is -2.33. The first-order valence-corrected chi connectivity index (χ1v) is 6.16. The molecule has 1 amide bonds. The van der Waals surface area contributed by atoms with Crippen LogP contribution in [-0.4, -0.2) is 20.9 Å². The summed E-state index contributed by atoms with van der Waals surface area (Å²) in [6.45, 7) is 3.18. The highest BCUT2D eigenvalue weighted by molar-refractivity contribution is 7.89. The van der Waals surface area contributed by atoms with Gasteiger partial charge in [-0.15, -0.1) is 0 Å². The molecule has 1 aromatic carbocycles. The van der Waals surface area contributed by atoms with E-state index in [9.17, 15) is 13.2 Å². The number of hydrogen-bond acceptors (Lipinski definition) is 3. The van der Waals surface area contributed by atoms with E-state index in [1.54, 1.807) is 19.1 Å². The number of benzene rings is 1. The Balaban J connectivity index is 3.03. The number of primary amides is 1. The topological polar surface area (TPSA) is 89.3 Å². The summed E-state index contributed by atoms with van der Waals surface area (Å²) in [4.78, 5) is 10.7. The number of aryl methyl sites for hydroxylation is 2. The molecule has 3 N–H and O–H groups in total. The third kappa shape index (κ3) is 3.04. The van der Waals surface area contributed by atoms with E-state index in [2.05, 4.69) is 4.72 Å². The Morgan fingerprint density at radius 3 is 2.50 bits per heavy atom. The first-order valence-electron chi connectivity index (χ1n) is 4.68. The average molecular weight is 242 g/mol. The number of sulfonamides is 1. The first-order chi connectivity index (χ1) is 7.33. The molecule has 16 heavy (non-hydrogen) atoms. The van der Waals surface area contributed by atoms with E-state index in [0.717, 1.165) is 5.56 Å². The van der Waals surface area contributed by atoms with Gasteiger partial charge in [0.1, 0.15) is 0 Å². The monoisotopic (exact) mass is 242 g/mol. The van der Waals surface area contributed by atoms with Gasteiger partial charge < -0.3 is 5.73 Å². The summed E-state index contributed by atoms with van der Waals surface area (Å²) in [6.07, 6.45) is 0. The maximum Gasteiger partial charge on any atom is 0.241 e. The van der Waals surface area contributed by atoms with Crippen molar-refractivity contribution in [3.63, 3.8) is 0 Å². The van der Waals surface area contributed by atoms with Crippen LogP contribution in [0.5, 0.6) is 0 Å². The molecular formula is C10H14N2O3S. The molecule has 0 aliphatic carbocycles. The van der Waals surface area contributed by atoms with Gasteiger partial charge in [-0.2, -0.15) is 0 Å². The summed E-state index contributed by atoms with van der Waals surface area (Å²) in [7, 11) is -3.65. The fourth-order valence-corrected chi connectivity index (χ4v) is 2.56. The Kier molecular flexibility index (Phi) is 3.66. The summed E-state index contributed by atoms with van der Waals surface area (Å²) >= 11 is 0. The quantitative estimate of drug-likeness (QED) is 0.782. The number of carbonyl (C=O) groups excluding carboxylic acids is 1. The van der Waals surface area contributed by atoms with Crippen molar-refractivity contribution >= 4 is 15.9 Å². The number of nitrogens with two attached hydrogens (primary N) is 1. The molecule has 0 atom stereocenters. The Morgan fingerprint density at radius 1 is 1.38 bits per heavy atom. The van der Waals surface area contributed by atoms with Crippen molar-refractivity contribution < 1.29 is 13.2 Å². The number of amides is 1. The zero-order chi connectivity index (χ0) is 12.3. The van der Waals surface area contributed by atoms with Crippen LogP contribution in [0.4, 0.5) is 0 Å². The third-order valence-electron chi connectivity index (χ3n) is 2.06. The van der Waals surface area contributed by atoms with Gasteiger partial charge in [-0.1, -0.05) is 17.7 Å². The van der Waals surface area contributed by atoms with Crippen molar-refractivity contribution in [3.8, 4) is 0 Å². The van der Waals surface area contributed by atoms with Crippen LogP contribution >= 0.6 is 0 Å². The second-order valence-corrected chi connectivity index (χ2v) is 5.30. The fraction of sp³-hybridized carbons (Fsp3) is 0.300. The number of hydrogen-bond donors (Lipinski definition) is 2. The largest absolute Gasteiger partial charge is 0.369 e. The molecule has 0 spiro atoms. The standard InChI is InChI=1S/C10H14N2O3S/c1-7-3-4-9(8(2)5-7)16(14,15)12-6-10(11)13/h3-5,12H,6H2,1-2H3,(H2,11,13). The predicted octanol–water partition coefficient (Wildman–Crippen LogP) is 0.0670. The van der Waals surface area contributed by atoms with Gasteiger partial charge in [-0.25, -0.2) is 13.1 Å². The van der Waals surface area contributed by atoms with Crippen LogP contribution < -0.4 is 10.5 Å². The molecule has 0 aliphatic rings. The maximum absolute atomic E-state index is 11.7. The molecule has 0 bridgehead atoms. The molecule has 5 nitrogen and oxygen atoms in total. The Hall–Kier alpha value is -1.40. The molecule has 1 rings (SSSR count). The molecular weight excluding hydrogens is 228 g/mol. The summed E-state index contributed by atoms with van der Waals surface area (Å²) in [5, 5.41) is 0. The molecule has 1 aromatic rings. The minimum absolute atomic E-state index is 0.166. The van der Waals surface area contributed by atoms with Gasteiger partial charge in [0.05, 0.1) is 11.4 Å². The smallest absolute Gasteiger partial charge is 0.241 e.